The van der Waals surface area contributed by atoms with Crippen LogP contribution >= 0.6 is 15.9 Å². The Balaban J connectivity index is 1.46. The predicted octanol–water partition coefficient (Wildman–Crippen LogP) is 5.26. The van der Waals surface area contributed by atoms with E-state index in [0.717, 1.165) is 17.7 Å². The minimum absolute atomic E-state index is 0.195. The molecule has 4 rings (SSSR count). The SMILES string of the molecule is Brc1ccc(-c2nnc(COc3ccccc3Cc3ccccc3)o2)o1. The van der Waals surface area contributed by atoms with E-state index in [1.54, 1.807) is 12.1 Å². The van der Waals surface area contributed by atoms with E-state index in [-0.39, 0.29) is 6.61 Å². The monoisotopic (exact) mass is 410 g/mol. The van der Waals surface area contributed by atoms with Crippen molar-refractivity contribution in [2.75, 3.05) is 0 Å². The Hall–Kier alpha value is -2.86. The van der Waals surface area contributed by atoms with Gasteiger partial charge in [-0.3, -0.25) is 0 Å². The molecule has 0 unspecified atom stereocenters. The minimum Gasteiger partial charge on any atom is -0.484 e. The number of halogens is 1. The van der Waals surface area contributed by atoms with Crippen molar-refractivity contribution in [3.8, 4) is 17.4 Å². The normalized spacial score (nSPS) is 10.8. The highest BCUT2D eigenvalue weighted by Gasteiger charge is 2.13. The number of para-hydroxylation sites is 1. The highest BCUT2D eigenvalue weighted by Crippen LogP contribution is 2.25. The summed E-state index contributed by atoms with van der Waals surface area (Å²) in [5.74, 6) is 2.03. The third kappa shape index (κ3) is 3.86. The fourth-order valence-corrected chi connectivity index (χ4v) is 2.89. The molecule has 4 aromatic rings. The van der Waals surface area contributed by atoms with Crippen molar-refractivity contribution in [1.82, 2.24) is 10.2 Å². The summed E-state index contributed by atoms with van der Waals surface area (Å²) in [6, 6.07) is 21.8. The maximum atomic E-state index is 5.91. The van der Waals surface area contributed by atoms with E-state index in [1.807, 2.05) is 36.4 Å². The highest BCUT2D eigenvalue weighted by atomic mass is 79.9. The maximum absolute atomic E-state index is 5.91. The summed E-state index contributed by atoms with van der Waals surface area (Å²) in [4.78, 5) is 0. The van der Waals surface area contributed by atoms with Crippen molar-refractivity contribution in [2.24, 2.45) is 0 Å². The van der Waals surface area contributed by atoms with Crippen molar-refractivity contribution in [2.45, 2.75) is 13.0 Å². The zero-order valence-corrected chi connectivity index (χ0v) is 15.3. The van der Waals surface area contributed by atoms with Crippen molar-refractivity contribution in [1.29, 1.82) is 0 Å². The van der Waals surface area contributed by atoms with Crippen LogP contribution in [0.15, 0.2) is 80.2 Å². The molecule has 6 heteroatoms. The Kier molecular flexibility index (Phi) is 4.84. The van der Waals surface area contributed by atoms with E-state index in [1.165, 1.54) is 5.56 Å². The first kappa shape index (κ1) is 16.6. The molecule has 0 bridgehead atoms. The summed E-state index contributed by atoms with van der Waals surface area (Å²) in [6.45, 7) is 0.195. The van der Waals surface area contributed by atoms with Gasteiger partial charge < -0.3 is 13.6 Å². The van der Waals surface area contributed by atoms with Crippen LogP contribution in [0.3, 0.4) is 0 Å². The van der Waals surface area contributed by atoms with Crippen LogP contribution in [-0.4, -0.2) is 10.2 Å². The summed E-state index contributed by atoms with van der Waals surface area (Å²) >= 11 is 3.25. The number of hydrogen-bond donors (Lipinski definition) is 0. The Morgan fingerprint density at radius 3 is 2.46 bits per heavy atom. The molecule has 2 heterocycles. The molecule has 0 radical (unpaired) electrons. The van der Waals surface area contributed by atoms with Gasteiger partial charge in [-0.05, 0) is 45.3 Å². The van der Waals surface area contributed by atoms with Crippen molar-refractivity contribution < 1.29 is 13.6 Å². The Morgan fingerprint density at radius 1 is 0.846 bits per heavy atom. The van der Waals surface area contributed by atoms with E-state index in [4.69, 9.17) is 13.6 Å². The first-order valence-corrected chi connectivity index (χ1v) is 8.90. The van der Waals surface area contributed by atoms with Crippen LogP contribution in [0.4, 0.5) is 0 Å². The van der Waals surface area contributed by atoms with Crippen LogP contribution in [0.2, 0.25) is 0 Å². The van der Waals surface area contributed by atoms with Gasteiger partial charge in [0.25, 0.3) is 11.8 Å². The second-order valence-electron chi connectivity index (χ2n) is 5.66. The fraction of sp³-hybridized carbons (Fsp3) is 0.100. The molecule has 0 fully saturated rings. The number of furan rings is 1. The van der Waals surface area contributed by atoms with E-state index in [0.29, 0.717) is 22.2 Å². The lowest BCUT2D eigenvalue weighted by molar-refractivity contribution is 0.261. The molecule has 0 aliphatic heterocycles. The standard InChI is InChI=1S/C20H15BrN2O3/c21-18-11-10-17(25-18)20-23-22-19(26-20)13-24-16-9-5-4-8-15(16)12-14-6-2-1-3-7-14/h1-11H,12-13H2. The lowest BCUT2D eigenvalue weighted by atomic mass is 10.0. The predicted molar refractivity (Wildman–Crippen MR) is 99.7 cm³/mol. The smallest absolute Gasteiger partial charge is 0.283 e. The Morgan fingerprint density at radius 2 is 1.65 bits per heavy atom. The van der Waals surface area contributed by atoms with Crippen molar-refractivity contribution >= 4 is 15.9 Å². The van der Waals surface area contributed by atoms with Crippen molar-refractivity contribution in [3.63, 3.8) is 0 Å². The highest BCUT2D eigenvalue weighted by molar-refractivity contribution is 9.10. The summed E-state index contributed by atoms with van der Waals surface area (Å²) in [5.41, 5.74) is 2.33. The maximum Gasteiger partial charge on any atom is 0.283 e. The second kappa shape index (κ2) is 7.58. The third-order valence-electron chi connectivity index (χ3n) is 3.81. The molecule has 0 aliphatic rings. The average molecular weight is 411 g/mol. The summed E-state index contributed by atoms with van der Waals surface area (Å²) in [5, 5.41) is 8.00. The summed E-state index contributed by atoms with van der Waals surface area (Å²) < 4.78 is 17.5. The van der Waals surface area contributed by atoms with Gasteiger partial charge in [-0.25, -0.2) is 0 Å². The summed E-state index contributed by atoms with van der Waals surface area (Å²) in [7, 11) is 0. The number of hydrogen-bond acceptors (Lipinski definition) is 5. The van der Waals surface area contributed by atoms with Crippen LogP contribution in [0.25, 0.3) is 11.7 Å². The fourth-order valence-electron chi connectivity index (χ4n) is 2.59. The number of aromatic nitrogens is 2. The summed E-state index contributed by atoms with van der Waals surface area (Å²) in [6.07, 6.45) is 0.798. The lowest BCUT2D eigenvalue weighted by Gasteiger charge is -2.10. The minimum atomic E-state index is 0.195. The Bertz CT molecular complexity index is 995. The van der Waals surface area contributed by atoms with Crippen LogP contribution in [0, 0.1) is 0 Å². The molecule has 2 aromatic carbocycles. The number of rotatable bonds is 6. The van der Waals surface area contributed by atoms with Gasteiger partial charge in [-0.2, -0.15) is 0 Å². The molecule has 2 aromatic heterocycles. The topological polar surface area (TPSA) is 61.3 Å². The van der Waals surface area contributed by atoms with Gasteiger partial charge >= 0.3 is 0 Å². The molecule has 0 saturated heterocycles. The van der Waals surface area contributed by atoms with Crippen LogP contribution < -0.4 is 4.74 Å². The van der Waals surface area contributed by atoms with E-state index < -0.39 is 0 Å². The van der Waals surface area contributed by atoms with Gasteiger partial charge in [0, 0.05) is 6.42 Å². The lowest BCUT2D eigenvalue weighted by Crippen LogP contribution is -1.99. The van der Waals surface area contributed by atoms with Crippen molar-refractivity contribution in [3.05, 3.63) is 88.4 Å². The first-order valence-electron chi connectivity index (χ1n) is 8.10. The van der Waals surface area contributed by atoms with Gasteiger partial charge in [0.2, 0.25) is 0 Å². The molecule has 130 valence electrons. The number of ether oxygens (including phenoxy) is 1. The first-order chi connectivity index (χ1) is 12.8. The van der Waals surface area contributed by atoms with E-state index in [9.17, 15) is 0 Å². The molecule has 0 atom stereocenters. The largest absolute Gasteiger partial charge is 0.484 e. The Labute approximate surface area is 158 Å². The van der Waals surface area contributed by atoms with Crippen LogP contribution in [0.1, 0.15) is 17.0 Å². The van der Waals surface area contributed by atoms with Gasteiger partial charge in [-0.15, -0.1) is 10.2 Å². The zero-order chi connectivity index (χ0) is 17.8. The van der Waals surface area contributed by atoms with Gasteiger partial charge in [0.1, 0.15) is 5.75 Å². The molecule has 5 nitrogen and oxygen atoms in total. The molecule has 0 N–H and O–H groups in total. The molecule has 0 aliphatic carbocycles. The third-order valence-corrected chi connectivity index (χ3v) is 4.24. The van der Waals surface area contributed by atoms with Gasteiger partial charge in [0.15, 0.2) is 17.0 Å². The molecule has 0 spiro atoms. The van der Waals surface area contributed by atoms with Crippen LogP contribution in [0.5, 0.6) is 5.75 Å². The van der Waals surface area contributed by atoms with Gasteiger partial charge in [-0.1, -0.05) is 48.5 Å². The quantitative estimate of drug-likeness (QED) is 0.433. The van der Waals surface area contributed by atoms with E-state index in [2.05, 4.69) is 44.3 Å². The second-order valence-corrected chi connectivity index (χ2v) is 6.45. The van der Waals surface area contributed by atoms with E-state index >= 15 is 0 Å². The number of benzene rings is 2. The molecule has 0 amide bonds. The average Bonchev–Trinajstić information content (AvgIpc) is 3.31. The van der Waals surface area contributed by atoms with Gasteiger partial charge in [0.05, 0.1) is 0 Å². The molecular formula is C20H15BrN2O3. The molecule has 26 heavy (non-hydrogen) atoms. The molecule has 0 saturated carbocycles. The number of nitrogens with zero attached hydrogens (tertiary/aromatic N) is 2. The zero-order valence-electron chi connectivity index (χ0n) is 13.8. The van der Waals surface area contributed by atoms with Crippen LogP contribution in [-0.2, 0) is 13.0 Å². The molecular weight excluding hydrogens is 396 g/mol.